The second-order valence-corrected chi connectivity index (χ2v) is 11.2. The maximum Gasteiger partial charge on any atom is 2.00 e. The Labute approximate surface area is 226 Å². The molecule has 0 radical (unpaired) electrons. The van der Waals surface area contributed by atoms with E-state index in [0.717, 1.165) is 11.1 Å². The molecule has 0 atom stereocenters. The number of nitrogens with zero attached hydrogens (tertiary/aromatic N) is 1. The molecule has 3 nitrogen and oxygen atoms in total. The van der Waals surface area contributed by atoms with Gasteiger partial charge in [-0.2, -0.15) is 0 Å². The Hall–Kier alpha value is -2.32. The van der Waals surface area contributed by atoms with Gasteiger partial charge in [-0.3, -0.25) is 0 Å². The van der Waals surface area contributed by atoms with Crippen LogP contribution < -0.4 is 9.84 Å². The predicted molar refractivity (Wildman–Crippen MR) is 144 cm³/mol. The molecule has 0 saturated carbocycles. The molecule has 0 unspecified atom stereocenters. The molecule has 0 amide bonds. The van der Waals surface area contributed by atoms with Crippen LogP contribution in [0.25, 0.3) is 5.32 Å². The van der Waals surface area contributed by atoms with Crippen LogP contribution in [-0.4, -0.2) is 7.11 Å². The van der Waals surface area contributed by atoms with Crippen LogP contribution in [0.5, 0.6) is 11.5 Å². The van der Waals surface area contributed by atoms with Gasteiger partial charge in [0.1, 0.15) is 5.75 Å². The van der Waals surface area contributed by atoms with Gasteiger partial charge < -0.3 is 15.2 Å². The minimum absolute atomic E-state index is 0. The summed E-state index contributed by atoms with van der Waals surface area (Å²) in [5.41, 5.74) is 5.52. The smallest absolute Gasteiger partial charge is 0.873 e. The fourth-order valence-electron chi connectivity index (χ4n) is 3.49. The number of ether oxygens (including phenoxy) is 1. The summed E-state index contributed by atoms with van der Waals surface area (Å²) in [6.07, 6.45) is 0. The van der Waals surface area contributed by atoms with Crippen molar-refractivity contribution in [3.63, 3.8) is 0 Å². The van der Waals surface area contributed by atoms with Gasteiger partial charge in [0.25, 0.3) is 0 Å². The molecule has 3 aromatic carbocycles. The Balaban J connectivity index is 0.000000468. The van der Waals surface area contributed by atoms with Gasteiger partial charge in [-0.15, -0.1) is 11.4 Å². The van der Waals surface area contributed by atoms with Crippen molar-refractivity contribution in [1.82, 2.24) is 0 Å². The molecule has 0 aliphatic rings. The number of rotatable bonds is 4. The molecule has 0 aliphatic carbocycles. The third kappa shape index (κ3) is 8.69. The molecule has 0 aliphatic heterocycles. The Morgan fingerprint density at radius 2 is 1.37 bits per heavy atom. The molecule has 3 rings (SSSR count). The Bertz CT molecular complexity index is 1070. The number of methoxy groups -OCH3 is 1. The minimum atomic E-state index is -0.233. The molecule has 0 fully saturated rings. The second-order valence-electron chi connectivity index (χ2n) is 11.2. The topological polar surface area (TPSA) is 46.4 Å². The van der Waals surface area contributed by atoms with Crippen molar-refractivity contribution in [3.8, 4) is 11.5 Å². The first-order chi connectivity index (χ1) is 15.7. The standard InChI is InChI=1S/C21H28NO2.C10H14.Ru/c1-20(2,3)14-12-15(21(4,5)6)19(23)17(13-14)22-16-10-8-9-11-18(16)24-7;1-8(2)10-6-4-9(3)5-7-10;/h8-13,23H,1-7H3;4-8H,1-3H3;/q-1;;+2/p-1. The minimum Gasteiger partial charge on any atom is -0.873 e. The zero-order chi connectivity index (χ0) is 25.7. The van der Waals surface area contributed by atoms with E-state index >= 15 is 0 Å². The van der Waals surface area contributed by atoms with Gasteiger partial charge in [-0.05, 0) is 40.9 Å². The molecular formula is C31H41NO2Ru. The van der Waals surface area contributed by atoms with Gasteiger partial charge in [-0.1, -0.05) is 127 Å². The van der Waals surface area contributed by atoms with Crippen LogP contribution in [0.15, 0.2) is 60.7 Å². The van der Waals surface area contributed by atoms with E-state index in [1.54, 1.807) is 7.11 Å². The summed E-state index contributed by atoms with van der Waals surface area (Å²) in [4.78, 5) is 0. The van der Waals surface area contributed by atoms with E-state index in [4.69, 9.17) is 4.74 Å². The first kappa shape index (κ1) is 30.7. The molecule has 4 heteroatoms. The van der Waals surface area contributed by atoms with Gasteiger partial charge in [-0.25, -0.2) is 0 Å². The maximum atomic E-state index is 13.0. The van der Waals surface area contributed by atoms with Crippen LogP contribution in [0.3, 0.4) is 0 Å². The van der Waals surface area contributed by atoms with Crippen LogP contribution in [0, 0.1) is 6.92 Å². The second kappa shape index (κ2) is 12.6. The predicted octanol–water partition coefficient (Wildman–Crippen LogP) is 8.82. The summed E-state index contributed by atoms with van der Waals surface area (Å²) in [5.74, 6) is 1.30. The third-order valence-corrected chi connectivity index (χ3v) is 5.81. The molecule has 0 N–H and O–H groups in total. The molecule has 0 spiro atoms. The molecule has 0 saturated heterocycles. The maximum absolute atomic E-state index is 13.0. The number of benzene rings is 3. The third-order valence-electron chi connectivity index (χ3n) is 5.81. The average Bonchev–Trinajstić information content (AvgIpc) is 2.74. The summed E-state index contributed by atoms with van der Waals surface area (Å²) in [6.45, 7) is 19.2. The summed E-state index contributed by atoms with van der Waals surface area (Å²) < 4.78 is 5.36. The van der Waals surface area contributed by atoms with E-state index in [1.807, 2.05) is 36.4 Å². The van der Waals surface area contributed by atoms with Crippen LogP contribution >= 0.6 is 0 Å². The Morgan fingerprint density at radius 1 is 0.800 bits per heavy atom. The van der Waals surface area contributed by atoms with E-state index in [-0.39, 0.29) is 36.1 Å². The first-order valence-corrected chi connectivity index (χ1v) is 12.0. The largest absolute Gasteiger partial charge is 2.00 e. The van der Waals surface area contributed by atoms with Crippen LogP contribution in [0.2, 0.25) is 0 Å². The van der Waals surface area contributed by atoms with Crippen molar-refractivity contribution in [3.05, 3.63) is 88.2 Å². The van der Waals surface area contributed by atoms with Crippen molar-refractivity contribution in [2.24, 2.45) is 0 Å². The average molecular weight is 561 g/mol. The fourth-order valence-corrected chi connectivity index (χ4v) is 3.49. The van der Waals surface area contributed by atoms with E-state index in [2.05, 4.69) is 91.9 Å². The molecule has 0 bridgehead atoms. The van der Waals surface area contributed by atoms with Crippen LogP contribution in [-0.2, 0) is 30.3 Å². The van der Waals surface area contributed by atoms with Crippen molar-refractivity contribution < 1.29 is 29.3 Å². The number of hydrogen-bond acceptors (Lipinski definition) is 2. The summed E-state index contributed by atoms with van der Waals surface area (Å²) in [7, 11) is 1.61. The number of hydrogen-bond donors (Lipinski definition) is 0. The molecule has 35 heavy (non-hydrogen) atoms. The van der Waals surface area contributed by atoms with E-state index in [0.29, 0.717) is 23.0 Å². The van der Waals surface area contributed by atoms with Crippen LogP contribution in [0.1, 0.15) is 83.6 Å². The van der Waals surface area contributed by atoms with Gasteiger partial charge in [0, 0.05) is 0 Å². The van der Waals surface area contributed by atoms with Gasteiger partial charge in [0.05, 0.1) is 7.11 Å². The monoisotopic (exact) mass is 561 g/mol. The zero-order valence-corrected chi connectivity index (χ0v) is 24.7. The van der Waals surface area contributed by atoms with Crippen molar-refractivity contribution in [1.29, 1.82) is 0 Å². The zero-order valence-electron chi connectivity index (χ0n) is 23.0. The normalized spacial score (nSPS) is 11.3. The molecule has 3 aromatic rings. The SMILES string of the molecule is COc1ccccc1[N-]c1cc(C(C)(C)C)cc(C(C)(C)C)c1[O-].Cc1ccc(C(C)C)cc1.[Ru+2]. The Morgan fingerprint density at radius 3 is 1.86 bits per heavy atom. The van der Waals surface area contributed by atoms with E-state index in [1.165, 1.54) is 11.1 Å². The van der Waals surface area contributed by atoms with Gasteiger partial charge in [0.15, 0.2) is 0 Å². The van der Waals surface area contributed by atoms with Gasteiger partial charge >= 0.3 is 19.5 Å². The first-order valence-electron chi connectivity index (χ1n) is 12.0. The molecule has 190 valence electrons. The number of para-hydroxylation sites is 2. The van der Waals surface area contributed by atoms with Gasteiger partial charge in [0.2, 0.25) is 0 Å². The molecular weight excluding hydrogens is 519 g/mol. The summed E-state index contributed by atoms with van der Waals surface area (Å²) in [5, 5.41) is 17.6. The molecule has 0 aromatic heterocycles. The number of aryl methyl sites for hydroxylation is 1. The van der Waals surface area contributed by atoms with Crippen molar-refractivity contribution in [2.45, 2.75) is 79.1 Å². The van der Waals surface area contributed by atoms with E-state index in [9.17, 15) is 5.11 Å². The van der Waals surface area contributed by atoms with Crippen LogP contribution in [0.4, 0.5) is 11.4 Å². The quantitative estimate of drug-likeness (QED) is 0.299. The fraction of sp³-hybridized carbons (Fsp3) is 0.419. The van der Waals surface area contributed by atoms with E-state index < -0.39 is 0 Å². The summed E-state index contributed by atoms with van der Waals surface area (Å²) >= 11 is 0. The van der Waals surface area contributed by atoms with Crippen molar-refractivity contribution >= 4 is 11.4 Å². The molecule has 0 heterocycles. The summed E-state index contributed by atoms with van der Waals surface area (Å²) in [6, 6.07) is 20.1. The Kier molecular flexibility index (Phi) is 11.0. The van der Waals surface area contributed by atoms with Crippen molar-refractivity contribution in [2.75, 3.05) is 7.11 Å².